The van der Waals surface area contributed by atoms with Crippen LogP contribution in [0.15, 0.2) is 47.6 Å². The Morgan fingerprint density at radius 3 is 2.64 bits per heavy atom. The lowest BCUT2D eigenvalue weighted by Gasteiger charge is -2.11. The van der Waals surface area contributed by atoms with Gasteiger partial charge in [0.05, 0.1) is 6.21 Å². The first-order valence-electron chi connectivity index (χ1n) is 7.74. The fourth-order valence-electron chi connectivity index (χ4n) is 2.42. The van der Waals surface area contributed by atoms with E-state index in [2.05, 4.69) is 15.3 Å². The van der Waals surface area contributed by atoms with Crippen molar-refractivity contribution in [2.45, 2.75) is 20.5 Å². The summed E-state index contributed by atoms with van der Waals surface area (Å²) in [6.07, 6.45) is 1.53. The van der Waals surface area contributed by atoms with E-state index in [0.29, 0.717) is 16.2 Å². The number of aromatic hydroxyl groups is 1. The molecule has 0 unspecified atom stereocenters. The van der Waals surface area contributed by atoms with Gasteiger partial charge in [-0.05, 0) is 49.3 Å². The summed E-state index contributed by atoms with van der Waals surface area (Å²) in [5, 5.41) is 21.0. The van der Waals surface area contributed by atoms with Crippen LogP contribution < -0.4 is 4.74 Å². The zero-order chi connectivity index (χ0) is 17.8. The van der Waals surface area contributed by atoms with E-state index in [4.69, 9.17) is 17.0 Å². The van der Waals surface area contributed by atoms with E-state index in [9.17, 15) is 5.11 Å². The molecular weight excluding hydrogens is 336 g/mol. The Labute approximate surface area is 150 Å². The average molecular weight is 354 g/mol. The van der Waals surface area contributed by atoms with Gasteiger partial charge in [-0.2, -0.15) is 14.9 Å². The SMILES string of the molecule is Cc1cccc(C)c1OCc1n[nH]c(=S)n1/N=C/c1ccccc1O. The molecule has 0 aliphatic heterocycles. The number of hydrogen-bond acceptors (Lipinski definition) is 5. The Morgan fingerprint density at radius 2 is 1.92 bits per heavy atom. The summed E-state index contributed by atoms with van der Waals surface area (Å²) in [5.74, 6) is 1.52. The largest absolute Gasteiger partial charge is 0.507 e. The van der Waals surface area contributed by atoms with Crippen LogP contribution in [-0.2, 0) is 6.61 Å². The number of phenolic OH excluding ortho intramolecular Hbond substituents is 1. The standard InChI is InChI=1S/C18H18N4O2S/c1-12-6-5-7-13(2)17(12)24-11-16-20-21-18(25)22(16)19-10-14-8-3-4-9-15(14)23/h3-10,23H,11H2,1-2H3,(H,21,25)/b19-10+. The van der Waals surface area contributed by atoms with Crippen LogP contribution in [0.4, 0.5) is 0 Å². The van der Waals surface area contributed by atoms with Gasteiger partial charge in [0, 0.05) is 5.56 Å². The minimum absolute atomic E-state index is 0.148. The summed E-state index contributed by atoms with van der Waals surface area (Å²) in [6.45, 7) is 4.21. The molecule has 0 amide bonds. The van der Waals surface area contributed by atoms with E-state index >= 15 is 0 Å². The number of nitrogens with zero attached hydrogens (tertiary/aromatic N) is 3. The number of aryl methyl sites for hydroxylation is 2. The molecule has 128 valence electrons. The van der Waals surface area contributed by atoms with Crippen molar-refractivity contribution in [2.24, 2.45) is 5.10 Å². The van der Waals surface area contributed by atoms with Crippen LogP contribution >= 0.6 is 12.2 Å². The van der Waals surface area contributed by atoms with E-state index < -0.39 is 0 Å². The summed E-state index contributed by atoms with van der Waals surface area (Å²) < 4.78 is 7.75. The van der Waals surface area contributed by atoms with Crippen LogP contribution in [0.5, 0.6) is 11.5 Å². The third-order valence-electron chi connectivity index (χ3n) is 3.72. The Hall–Kier alpha value is -2.93. The van der Waals surface area contributed by atoms with Crippen LogP contribution in [0.25, 0.3) is 0 Å². The van der Waals surface area contributed by atoms with E-state index in [1.54, 1.807) is 18.2 Å². The van der Waals surface area contributed by atoms with Crippen LogP contribution in [0.3, 0.4) is 0 Å². The molecule has 0 radical (unpaired) electrons. The molecule has 0 saturated carbocycles. The molecule has 0 aliphatic carbocycles. The Kier molecular flexibility index (Phi) is 4.95. The van der Waals surface area contributed by atoms with Crippen molar-refractivity contribution in [1.29, 1.82) is 0 Å². The highest BCUT2D eigenvalue weighted by Gasteiger charge is 2.09. The Balaban J connectivity index is 1.83. The molecule has 1 heterocycles. The van der Waals surface area contributed by atoms with E-state index in [1.165, 1.54) is 10.9 Å². The van der Waals surface area contributed by atoms with Crippen molar-refractivity contribution >= 4 is 18.4 Å². The van der Waals surface area contributed by atoms with Gasteiger partial charge in [-0.3, -0.25) is 0 Å². The molecule has 0 fully saturated rings. The minimum Gasteiger partial charge on any atom is -0.507 e. The second-order valence-corrected chi connectivity index (χ2v) is 5.96. The molecule has 0 aliphatic rings. The number of aromatic nitrogens is 3. The molecule has 3 aromatic rings. The van der Waals surface area contributed by atoms with Gasteiger partial charge >= 0.3 is 0 Å². The minimum atomic E-state index is 0.148. The molecule has 2 aromatic carbocycles. The van der Waals surface area contributed by atoms with Crippen LogP contribution in [0.1, 0.15) is 22.5 Å². The first kappa shape index (κ1) is 16.9. The van der Waals surface area contributed by atoms with Crippen molar-refractivity contribution in [3.63, 3.8) is 0 Å². The first-order valence-corrected chi connectivity index (χ1v) is 8.15. The predicted molar refractivity (Wildman–Crippen MR) is 98.8 cm³/mol. The highest BCUT2D eigenvalue weighted by molar-refractivity contribution is 7.71. The predicted octanol–water partition coefficient (Wildman–Crippen LogP) is 3.72. The third-order valence-corrected chi connectivity index (χ3v) is 3.99. The number of phenols is 1. The second-order valence-electron chi connectivity index (χ2n) is 5.57. The molecule has 0 bridgehead atoms. The summed E-state index contributed by atoms with van der Waals surface area (Å²) in [6, 6.07) is 12.9. The molecule has 2 N–H and O–H groups in total. The normalized spacial score (nSPS) is 11.1. The number of rotatable bonds is 5. The molecule has 6 nitrogen and oxygen atoms in total. The van der Waals surface area contributed by atoms with Crippen molar-refractivity contribution in [3.8, 4) is 11.5 Å². The van der Waals surface area contributed by atoms with Crippen molar-refractivity contribution in [1.82, 2.24) is 14.9 Å². The van der Waals surface area contributed by atoms with Crippen LogP contribution in [0.2, 0.25) is 0 Å². The Bertz CT molecular complexity index is 955. The number of ether oxygens (including phenoxy) is 1. The average Bonchev–Trinajstić information content (AvgIpc) is 2.94. The monoisotopic (exact) mass is 354 g/mol. The summed E-state index contributed by atoms with van der Waals surface area (Å²) in [5.41, 5.74) is 2.70. The lowest BCUT2D eigenvalue weighted by molar-refractivity contribution is 0.287. The number of hydrogen-bond donors (Lipinski definition) is 2. The molecule has 0 saturated heterocycles. The van der Waals surface area contributed by atoms with Gasteiger partial charge in [-0.15, -0.1) is 0 Å². The summed E-state index contributed by atoms with van der Waals surface area (Å²) in [4.78, 5) is 0. The second kappa shape index (κ2) is 7.31. The number of H-pyrrole nitrogens is 1. The fourth-order valence-corrected chi connectivity index (χ4v) is 2.62. The van der Waals surface area contributed by atoms with Crippen molar-refractivity contribution in [3.05, 3.63) is 69.8 Å². The maximum atomic E-state index is 9.82. The van der Waals surface area contributed by atoms with E-state index in [-0.39, 0.29) is 12.4 Å². The van der Waals surface area contributed by atoms with Gasteiger partial charge in [0.15, 0.2) is 5.82 Å². The summed E-state index contributed by atoms with van der Waals surface area (Å²) in [7, 11) is 0. The smallest absolute Gasteiger partial charge is 0.216 e. The fraction of sp³-hybridized carbons (Fsp3) is 0.167. The lowest BCUT2D eigenvalue weighted by Crippen LogP contribution is -2.05. The van der Waals surface area contributed by atoms with Crippen LogP contribution in [0, 0.1) is 18.6 Å². The van der Waals surface area contributed by atoms with E-state index in [0.717, 1.165) is 16.9 Å². The molecule has 1 aromatic heterocycles. The van der Waals surface area contributed by atoms with Gasteiger partial charge in [0.2, 0.25) is 4.77 Å². The zero-order valence-electron chi connectivity index (χ0n) is 13.9. The van der Waals surface area contributed by atoms with Gasteiger partial charge in [-0.25, -0.2) is 5.10 Å². The van der Waals surface area contributed by atoms with Crippen molar-refractivity contribution < 1.29 is 9.84 Å². The highest BCUT2D eigenvalue weighted by atomic mass is 32.1. The zero-order valence-corrected chi connectivity index (χ0v) is 14.7. The number of benzene rings is 2. The topological polar surface area (TPSA) is 75.4 Å². The number of para-hydroxylation sites is 2. The Morgan fingerprint density at radius 1 is 1.20 bits per heavy atom. The molecule has 25 heavy (non-hydrogen) atoms. The molecule has 0 atom stereocenters. The maximum absolute atomic E-state index is 9.82. The van der Waals surface area contributed by atoms with E-state index in [1.807, 2.05) is 38.1 Å². The lowest BCUT2D eigenvalue weighted by atomic mass is 10.1. The molecule has 0 spiro atoms. The quantitative estimate of drug-likeness (QED) is 0.541. The molecule has 3 rings (SSSR count). The van der Waals surface area contributed by atoms with Gasteiger partial charge in [0.1, 0.15) is 18.1 Å². The third kappa shape index (κ3) is 3.77. The molecule has 7 heteroatoms. The highest BCUT2D eigenvalue weighted by Crippen LogP contribution is 2.23. The number of nitrogens with one attached hydrogen (secondary N) is 1. The number of aromatic amines is 1. The maximum Gasteiger partial charge on any atom is 0.216 e. The molecular formula is C18H18N4O2S. The summed E-state index contributed by atoms with van der Waals surface area (Å²) >= 11 is 5.22. The first-order chi connectivity index (χ1) is 12.1. The van der Waals surface area contributed by atoms with Gasteiger partial charge in [-0.1, -0.05) is 30.3 Å². The van der Waals surface area contributed by atoms with Crippen LogP contribution in [-0.4, -0.2) is 26.2 Å². The van der Waals surface area contributed by atoms with Gasteiger partial charge < -0.3 is 9.84 Å². The van der Waals surface area contributed by atoms with Crippen molar-refractivity contribution in [2.75, 3.05) is 0 Å². The van der Waals surface area contributed by atoms with Gasteiger partial charge in [0.25, 0.3) is 0 Å².